The van der Waals surface area contributed by atoms with Crippen molar-refractivity contribution in [3.63, 3.8) is 0 Å². The molecule has 1 aliphatic heterocycles. The number of carbonyl (C=O) groups is 2. The van der Waals surface area contributed by atoms with Crippen LogP contribution in [0.3, 0.4) is 0 Å². The normalized spacial score (nSPS) is 18.3. The van der Waals surface area contributed by atoms with Crippen LogP contribution in [0.2, 0.25) is 0 Å². The van der Waals surface area contributed by atoms with Crippen LogP contribution in [0.1, 0.15) is 6.92 Å². The van der Waals surface area contributed by atoms with Gasteiger partial charge in [-0.05, 0) is 19.1 Å². The molecular formula is C13H14O6. The van der Waals surface area contributed by atoms with Crippen LogP contribution in [0.4, 0.5) is 0 Å². The van der Waals surface area contributed by atoms with Crippen molar-refractivity contribution in [3.8, 4) is 11.5 Å². The zero-order chi connectivity index (χ0) is 13.8. The van der Waals surface area contributed by atoms with E-state index >= 15 is 0 Å². The van der Waals surface area contributed by atoms with E-state index in [4.69, 9.17) is 14.2 Å². The second kappa shape index (κ2) is 5.60. The number of hydrogen-bond donors (Lipinski definition) is 0. The van der Waals surface area contributed by atoms with E-state index in [1.165, 1.54) is 14.0 Å². The molecule has 0 saturated carbocycles. The molecule has 19 heavy (non-hydrogen) atoms. The summed E-state index contributed by atoms with van der Waals surface area (Å²) in [4.78, 5) is 23.0. The maximum Gasteiger partial charge on any atom is 0.351 e. The number of fused-ring (bicyclic) bond motifs is 1. The molecule has 6 nitrogen and oxygen atoms in total. The topological polar surface area (TPSA) is 71.1 Å². The number of methoxy groups -OCH3 is 1. The minimum Gasteiger partial charge on any atom is -0.485 e. The number of ether oxygens (including phenoxy) is 4. The summed E-state index contributed by atoms with van der Waals surface area (Å²) in [7, 11) is 1.23. The Kier molecular flexibility index (Phi) is 3.89. The number of para-hydroxylation sites is 2. The fourth-order valence-electron chi connectivity index (χ4n) is 1.60. The Hall–Kier alpha value is -2.24. The second-order valence-electron chi connectivity index (χ2n) is 3.97. The second-order valence-corrected chi connectivity index (χ2v) is 3.97. The van der Waals surface area contributed by atoms with E-state index in [9.17, 15) is 9.59 Å². The highest BCUT2D eigenvalue weighted by Crippen LogP contribution is 2.31. The number of carbonyl (C=O) groups excluding carboxylic acids is 2. The standard InChI is InChI=1S/C13H14O6/c1-8(12(14)16-2)18-13(15)11-7-17-9-5-3-4-6-10(9)19-11/h3-6,8,11H,7H2,1-2H3. The van der Waals surface area contributed by atoms with E-state index < -0.39 is 24.1 Å². The summed E-state index contributed by atoms with van der Waals surface area (Å²) >= 11 is 0. The third-order valence-corrected chi connectivity index (χ3v) is 2.60. The molecule has 0 bridgehead atoms. The van der Waals surface area contributed by atoms with Gasteiger partial charge in [-0.2, -0.15) is 0 Å². The fraction of sp³-hybridized carbons (Fsp3) is 0.385. The Labute approximate surface area is 110 Å². The SMILES string of the molecule is COC(=O)C(C)OC(=O)C1COc2ccccc2O1. The predicted molar refractivity (Wildman–Crippen MR) is 63.9 cm³/mol. The van der Waals surface area contributed by atoms with Gasteiger partial charge < -0.3 is 18.9 Å². The molecule has 6 heteroatoms. The van der Waals surface area contributed by atoms with Crippen LogP contribution in [-0.2, 0) is 19.1 Å². The van der Waals surface area contributed by atoms with Crippen LogP contribution in [0.5, 0.6) is 11.5 Å². The summed E-state index contributed by atoms with van der Waals surface area (Å²) in [6.07, 6.45) is -1.86. The van der Waals surface area contributed by atoms with Crippen molar-refractivity contribution >= 4 is 11.9 Å². The van der Waals surface area contributed by atoms with E-state index in [1.54, 1.807) is 24.3 Å². The Morgan fingerprint density at radius 2 is 2.00 bits per heavy atom. The smallest absolute Gasteiger partial charge is 0.351 e. The molecular weight excluding hydrogens is 252 g/mol. The van der Waals surface area contributed by atoms with Crippen LogP contribution in [0.15, 0.2) is 24.3 Å². The van der Waals surface area contributed by atoms with Gasteiger partial charge in [0.1, 0.15) is 6.61 Å². The maximum atomic E-state index is 11.8. The predicted octanol–water partition coefficient (Wildman–Crippen LogP) is 0.931. The fourth-order valence-corrected chi connectivity index (χ4v) is 1.60. The molecule has 0 aromatic heterocycles. The average Bonchev–Trinajstić information content (AvgIpc) is 2.45. The molecule has 0 spiro atoms. The first-order valence-electron chi connectivity index (χ1n) is 5.78. The summed E-state index contributed by atoms with van der Waals surface area (Å²) in [5.41, 5.74) is 0. The molecule has 1 aromatic rings. The van der Waals surface area contributed by atoms with Gasteiger partial charge in [-0.15, -0.1) is 0 Å². The van der Waals surface area contributed by atoms with Gasteiger partial charge in [0.15, 0.2) is 17.6 Å². The molecule has 0 fully saturated rings. The highest BCUT2D eigenvalue weighted by Gasteiger charge is 2.31. The molecule has 2 rings (SSSR count). The highest BCUT2D eigenvalue weighted by molar-refractivity contribution is 5.81. The molecule has 0 N–H and O–H groups in total. The lowest BCUT2D eigenvalue weighted by Crippen LogP contribution is -2.40. The number of esters is 2. The lowest BCUT2D eigenvalue weighted by atomic mass is 10.2. The summed E-state index contributed by atoms with van der Waals surface area (Å²) in [5, 5.41) is 0. The van der Waals surface area contributed by atoms with Crippen molar-refractivity contribution in [3.05, 3.63) is 24.3 Å². The van der Waals surface area contributed by atoms with E-state index in [2.05, 4.69) is 4.74 Å². The van der Waals surface area contributed by atoms with E-state index in [1.807, 2.05) is 0 Å². The zero-order valence-corrected chi connectivity index (χ0v) is 10.6. The molecule has 0 amide bonds. The largest absolute Gasteiger partial charge is 0.485 e. The van der Waals surface area contributed by atoms with E-state index in [-0.39, 0.29) is 6.61 Å². The van der Waals surface area contributed by atoms with Gasteiger partial charge >= 0.3 is 11.9 Å². The van der Waals surface area contributed by atoms with Crippen LogP contribution in [0.25, 0.3) is 0 Å². The third kappa shape index (κ3) is 2.96. The van der Waals surface area contributed by atoms with Gasteiger partial charge in [-0.1, -0.05) is 12.1 Å². The average molecular weight is 266 g/mol. The van der Waals surface area contributed by atoms with Gasteiger partial charge in [0, 0.05) is 0 Å². The monoisotopic (exact) mass is 266 g/mol. The van der Waals surface area contributed by atoms with Gasteiger partial charge in [-0.3, -0.25) is 0 Å². The van der Waals surface area contributed by atoms with Crippen molar-refractivity contribution in [1.82, 2.24) is 0 Å². The van der Waals surface area contributed by atoms with Gasteiger partial charge in [0.05, 0.1) is 7.11 Å². The summed E-state index contributed by atoms with van der Waals surface area (Å²) in [5.74, 6) is -0.230. The molecule has 0 radical (unpaired) electrons. The van der Waals surface area contributed by atoms with Crippen LogP contribution >= 0.6 is 0 Å². The Morgan fingerprint density at radius 3 is 2.68 bits per heavy atom. The van der Waals surface area contributed by atoms with Crippen molar-refractivity contribution in [2.45, 2.75) is 19.1 Å². The summed E-state index contributed by atoms with van der Waals surface area (Å²) in [6.45, 7) is 1.48. The third-order valence-electron chi connectivity index (χ3n) is 2.60. The minimum absolute atomic E-state index is 0.0454. The van der Waals surface area contributed by atoms with Crippen LogP contribution in [0, 0.1) is 0 Å². The number of rotatable bonds is 3. The van der Waals surface area contributed by atoms with Crippen LogP contribution < -0.4 is 9.47 Å². The molecule has 102 valence electrons. The molecule has 0 saturated heterocycles. The summed E-state index contributed by atoms with van der Waals surface area (Å²) < 4.78 is 20.2. The first-order chi connectivity index (χ1) is 9.11. The maximum absolute atomic E-state index is 11.8. The van der Waals surface area contributed by atoms with Gasteiger partial charge in [-0.25, -0.2) is 9.59 Å². The highest BCUT2D eigenvalue weighted by atomic mass is 16.6. The molecule has 0 aliphatic carbocycles. The first-order valence-corrected chi connectivity index (χ1v) is 5.78. The molecule has 2 atom stereocenters. The quantitative estimate of drug-likeness (QED) is 0.758. The molecule has 2 unspecified atom stereocenters. The first kappa shape index (κ1) is 13.2. The number of benzene rings is 1. The summed E-state index contributed by atoms with van der Waals surface area (Å²) in [6, 6.07) is 7.01. The van der Waals surface area contributed by atoms with Gasteiger partial charge in [0.25, 0.3) is 0 Å². The lowest BCUT2D eigenvalue weighted by molar-refractivity contribution is -0.171. The van der Waals surface area contributed by atoms with Crippen molar-refractivity contribution in [1.29, 1.82) is 0 Å². The Balaban J connectivity index is 1.97. The van der Waals surface area contributed by atoms with Crippen LogP contribution in [-0.4, -0.2) is 37.9 Å². The molecule has 1 aliphatic rings. The molecule has 1 aromatic carbocycles. The van der Waals surface area contributed by atoms with Crippen molar-refractivity contribution in [2.24, 2.45) is 0 Å². The zero-order valence-electron chi connectivity index (χ0n) is 10.6. The Bertz CT molecular complexity index is 484. The van der Waals surface area contributed by atoms with E-state index in [0.717, 1.165) is 0 Å². The minimum atomic E-state index is -0.974. The van der Waals surface area contributed by atoms with Gasteiger partial charge in [0.2, 0.25) is 6.10 Å². The van der Waals surface area contributed by atoms with Crippen molar-refractivity contribution < 1.29 is 28.5 Å². The van der Waals surface area contributed by atoms with Crippen molar-refractivity contribution in [2.75, 3.05) is 13.7 Å². The Morgan fingerprint density at radius 1 is 1.32 bits per heavy atom. The number of hydrogen-bond acceptors (Lipinski definition) is 6. The lowest BCUT2D eigenvalue weighted by Gasteiger charge is -2.25. The van der Waals surface area contributed by atoms with E-state index in [0.29, 0.717) is 11.5 Å². The molecule has 1 heterocycles.